The first kappa shape index (κ1) is 18.6. The summed E-state index contributed by atoms with van der Waals surface area (Å²) in [4.78, 5) is 43.8. The highest BCUT2D eigenvalue weighted by Gasteiger charge is 2.42. The second-order valence-corrected chi connectivity index (χ2v) is 7.53. The van der Waals surface area contributed by atoms with Crippen LogP contribution in [0.5, 0.6) is 0 Å². The van der Waals surface area contributed by atoms with Gasteiger partial charge in [-0.25, -0.2) is 0 Å². The molecule has 0 aromatic carbocycles. The summed E-state index contributed by atoms with van der Waals surface area (Å²) in [6.45, 7) is 4.80. The van der Waals surface area contributed by atoms with Crippen LogP contribution in [0.15, 0.2) is 17.1 Å². The zero-order valence-corrected chi connectivity index (χ0v) is 15.5. The summed E-state index contributed by atoms with van der Waals surface area (Å²) in [7, 11) is 1.63. The Labute approximate surface area is 153 Å². The highest BCUT2D eigenvalue weighted by Crippen LogP contribution is 2.39. The molecule has 0 saturated carbocycles. The Morgan fingerprint density at radius 2 is 2.12 bits per heavy atom. The number of methoxy groups -OCH3 is 1. The van der Waals surface area contributed by atoms with Gasteiger partial charge in [0.25, 0.3) is 5.91 Å². The average Bonchev–Trinajstić information content (AvgIpc) is 2.62. The summed E-state index contributed by atoms with van der Waals surface area (Å²) in [5, 5.41) is 0. The fourth-order valence-electron chi connectivity index (χ4n) is 4.13. The maximum Gasteiger partial charge on any atom is 0.259 e. The molecule has 7 nitrogen and oxygen atoms in total. The lowest BCUT2D eigenvalue weighted by molar-refractivity contribution is -0.139. The van der Waals surface area contributed by atoms with Crippen LogP contribution in [0.4, 0.5) is 0 Å². The van der Waals surface area contributed by atoms with Crippen LogP contribution in [-0.4, -0.2) is 66.5 Å². The molecule has 1 aromatic heterocycles. The van der Waals surface area contributed by atoms with E-state index in [4.69, 9.17) is 4.74 Å². The highest BCUT2D eigenvalue weighted by atomic mass is 16.5. The lowest BCUT2D eigenvalue weighted by Gasteiger charge is -2.48. The van der Waals surface area contributed by atoms with Gasteiger partial charge in [0, 0.05) is 63.1 Å². The first-order chi connectivity index (χ1) is 12.4. The Bertz CT molecular complexity index is 745. The molecule has 1 N–H and O–H groups in total. The number of piperidine rings is 2. The van der Waals surface area contributed by atoms with Gasteiger partial charge in [-0.15, -0.1) is 0 Å². The van der Waals surface area contributed by atoms with E-state index >= 15 is 0 Å². The molecule has 2 saturated heterocycles. The van der Waals surface area contributed by atoms with Crippen LogP contribution in [0, 0.1) is 12.3 Å². The maximum absolute atomic E-state index is 12.9. The van der Waals surface area contributed by atoms with Crippen LogP contribution in [0.3, 0.4) is 0 Å². The molecule has 3 heterocycles. The molecule has 0 aliphatic carbocycles. The summed E-state index contributed by atoms with van der Waals surface area (Å²) in [6.07, 6.45) is 4.70. The molecular weight excluding hydrogens is 334 g/mol. The summed E-state index contributed by atoms with van der Waals surface area (Å²) in [5.74, 6) is -0.0585. The van der Waals surface area contributed by atoms with E-state index in [0.717, 1.165) is 25.0 Å². The molecule has 0 bridgehead atoms. The van der Waals surface area contributed by atoms with E-state index in [1.807, 2.05) is 4.90 Å². The SMILES string of the molecule is COCCN1CC2(CCCN(C(=O)c3c[nH]c(C)cc3=O)C2)CCC1=O. The zero-order valence-electron chi connectivity index (χ0n) is 15.5. The molecule has 7 heteroatoms. The van der Waals surface area contributed by atoms with E-state index in [9.17, 15) is 14.4 Å². The van der Waals surface area contributed by atoms with Crippen molar-refractivity contribution in [3.8, 4) is 0 Å². The standard InChI is InChI=1S/C19H27N3O4/c1-14-10-16(23)15(11-20-14)18(25)22-7-3-5-19(13-22)6-4-17(24)21(12-19)8-9-26-2/h10-11H,3-9,12-13H2,1-2H3,(H,20,23). The number of ether oxygens (including phenoxy) is 1. The van der Waals surface area contributed by atoms with Gasteiger partial charge in [-0.2, -0.15) is 0 Å². The third-order valence-electron chi connectivity index (χ3n) is 5.55. The number of aromatic nitrogens is 1. The second kappa shape index (κ2) is 7.61. The predicted octanol–water partition coefficient (Wildman–Crippen LogP) is 1.17. The molecule has 0 radical (unpaired) electrons. The number of pyridine rings is 1. The van der Waals surface area contributed by atoms with Crippen LogP contribution < -0.4 is 5.43 Å². The number of aromatic amines is 1. The molecule has 2 amide bonds. The third kappa shape index (κ3) is 3.82. The second-order valence-electron chi connectivity index (χ2n) is 7.53. The van der Waals surface area contributed by atoms with Crippen LogP contribution in [-0.2, 0) is 9.53 Å². The minimum atomic E-state index is -0.244. The summed E-state index contributed by atoms with van der Waals surface area (Å²) < 4.78 is 5.11. The van der Waals surface area contributed by atoms with E-state index in [2.05, 4.69) is 4.98 Å². The Hall–Kier alpha value is -2.15. The van der Waals surface area contributed by atoms with Crippen molar-refractivity contribution in [2.75, 3.05) is 39.9 Å². The normalized spacial score (nSPS) is 23.5. The number of nitrogens with one attached hydrogen (secondary N) is 1. The monoisotopic (exact) mass is 361 g/mol. The van der Waals surface area contributed by atoms with Crippen molar-refractivity contribution < 1.29 is 14.3 Å². The number of H-pyrrole nitrogens is 1. The molecule has 142 valence electrons. The zero-order chi connectivity index (χ0) is 18.7. The van der Waals surface area contributed by atoms with Crippen molar-refractivity contribution in [2.24, 2.45) is 5.41 Å². The molecule has 3 rings (SSSR count). The molecule has 2 aliphatic heterocycles. The van der Waals surface area contributed by atoms with E-state index < -0.39 is 0 Å². The highest BCUT2D eigenvalue weighted by molar-refractivity contribution is 5.94. The lowest BCUT2D eigenvalue weighted by atomic mass is 9.73. The minimum Gasteiger partial charge on any atom is -0.383 e. The van der Waals surface area contributed by atoms with E-state index in [0.29, 0.717) is 39.2 Å². The van der Waals surface area contributed by atoms with Gasteiger partial charge >= 0.3 is 0 Å². The number of aryl methyl sites for hydroxylation is 1. The molecular formula is C19H27N3O4. The van der Waals surface area contributed by atoms with Gasteiger partial charge < -0.3 is 19.5 Å². The maximum atomic E-state index is 12.9. The number of rotatable bonds is 4. The van der Waals surface area contributed by atoms with Gasteiger partial charge in [0.2, 0.25) is 5.91 Å². The minimum absolute atomic E-state index is 0.0764. The van der Waals surface area contributed by atoms with Crippen molar-refractivity contribution in [2.45, 2.75) is 32.6 Å². The Morgan fingerprint density at radius 1 is 1.31 bits per heavy atom. The molecule has 2 aliphatic rings. The lowest BCUT2D eigenvalue weighted by Crippen LogP contribution is -2.55. The summed E-state index contributed by atoms with van der Waals surface area (Å²) >= 11 is 0. The molecule has 1 spiro atoms. The number of hydrogen-bond donors (Lipinski definition) is 1. The third-order valence-corrected chi connectivity index (χ3v) is 5.55. The fourth-order valence-corrected chi connectivity index (χ4v) is 4.13. The van der Waals surface area contributed by atoms with Crippen LogP contribution >= 0.6 is 0 Å². The number of nitrogens with zero attached hydrogens (tertiary/aromatic N) is 2. The van der Waals surface area contributed by atoms with Gasteiger partial charge in [-0.3, -0.25) is 14.4 Å². The van der Waals surface area contributed by atoms with Gasteiger partial charge in [0.1, 0.15) is 5.56 Å². The van der Waals surface area contributed by atoms with Gasteiger partial charge in [0.15, 0.2) is 5.43 Å². The Kier molecular flexibility index (Phi) is 5.46. The number of carbonyl (C=O) groups is 2. The van der Waals surface area contributed by atoms with Gasteiger partial charge in [0.05, 0.1) is 6.61 Å². The smallest absolute Gasteiger partial charge is 0.259 e. The number of hydrogen-bond acceptors (Lipinski definition) is 4. The number of amides is 2. The predicted molar refractivity (Wildman–Crippen MR) is 97.1 cm³/mol. The Morgan fingerprint density at radius 3 is 2.85 bits per heavy atom. The van der Waals surface area contributed by atoms with Gasteiger partial charge in [-0.1, -0.05) is 0 Å². The Balaban J connectivity index is 1.75. The van der Waals surface area contributed by atoms with E-state index in [-0.39, 0.29) is 28.2 Å². The van der Waals surface area contributed by atoms with Crippen molar-refractivity contribution in [1.29, 1.82) is 0 Å². The summed E-state index contributed by atoms with van der Waals surface area (Å²) in [5.41, 5.74) is 0.607. The van der Waals surface area contributed by atoms with Crippen LogP contribution in [0.2, 0.25) is 0 Å². The van der Waals surface area contributed by atoms with Crippen LogP contribution in [0.1, 0.15) is 41.7 Å². The average molecular weight is 361 g/mol. The van der Waals surface area contributed by atoms with Crippen molar-refractivity contribution in [1.82, 2.24) is 14.8 Å². The molecule has 1 aromatic rings. The largest absolute Gasteiger partial charge is 0.383 e. The number of carbonyl (C=O) groups excluding carboxylic acids is 2. The van der Waals surface area contributed by atoms with Crippen molar-refractivity contribution >= 4 is 11.8 Å². The molecule has 26 heavy (non-hydrogen) atoms. The van der Waals surface area contributed by atoms with E-state index in [1.165, 1.54) is 12.3 Å². The first-order valence-electron chi connectivity index (χ1n) is 9.19. The quantitative estimate of drug-likeness (QED) is 0.873. The van der Waals surface area contributed by atoms with Gasteiger partial charge in [-0.05, 0) is 26.2 Å². The topological polar surface area (TPSA) is 82.7 Å². The molecule has 1 unspecified atom stereocenters. The molecule has 2 fully saturated rings. The van der Waals surface area contributed by atoms with E-state index in [1.54, 1.807) is 18.9 Å². The molecule has 1 atom stereocenters. The van der Waals surface area contributed by atoms with Crippen molar-refractivity contribution in [3.63, 3.8) is 0 Å². The van der Waals surface area contributed by atoms with Crippen molar-refractivity contribution in [3.05, 3.63) is 33.7 Å². The summed E-state index contributed by atoms with van der Waals surface area (Å²) in [6, 6.07) is 1.46. The number of likely N-dealkylation sites (tertiary alicyclic amines) is 2. The van der Waals surface area contributed by atoms with Crippen LogP contribution in [0.25, 0.3) is 0 Å². The first-order valence-corrected chi connectivity index (χ1v) is 9.19. The fraction of sp³-hybridized carbons (Fsp3) is 0.632.